The number of fused-ring (bicyclic) bond motifs is 1. The lowest BCUT2D eigenvalue weighted by Crippen LogP contribution is -2.50. The number of amides is 3. The lowest BCUT2D eigenvalue weighted by atomic mass is 10.1. The van der Waals surface area contributed by atoms with Crippen molar-refractivity contribution in [3.63, 3.8) is 0 Å². The van der Waals surface area contributed by atoms with Crippen LogP contribution in [-0.4, -0.2) is 115 Å². The topological polar surface area (TPSA) is 110 Å². The summed E-state index contributed by atoms with van der Waals surface area (Å²) in [5.74, 6) is 6.25. The van der Waals surface area contributed by atoms with E-state index in [1.807, 2.05) is 24.3 Å². The maximum atomic E-state index is 12.8. The molecule has 198 valence electrons. The Labute approximate surface area is 221 Å². The van der Waals surface area contributed by atoms with Crippen molar-refractivity contribution in [1.29, 1.82) is 0 Å². The van der Waals surface area contributed by atoms with Gasteiger partial charge in [0, 0.05) is 64.7 Å². The summed E-state index contributed by atoms with van der Waals surface area (Å²) in [4.78, 5) is 44.3. The third kappa shape index (κ3) is 5.88. The summed E-state index contributed by atoms with van der Waals surface area (Å²) < 4.78 is 5.47. The number of nitrogens with one attached hydrogen (secondary N) is 2. The molecule has 2 aromatic heterocycles. The largest absolute Gasteiger partial charge is 0.378 e. The predicted molar refractivity (Wildman–Crippen MR) is 146 cm³/mol. The predicted octanol–water partition coefficient (Wildman–Crippen LogP) is 1.70. The highest BCUT2D eigenvalue weighted by Crippen LogP contribution is 2.29. The Bertz CT molecular complexity index is 1340. The van der Waals surface area contributed by atoms with Crippen LogP contribution in [0.25, 0.3) is 22.3 Å². The molecule has 0 aliphatic carbocycles. The second kappa shape index (κ2) is 11.5. The Morgan fingerprint density at radius 2 is 1.79 bits per heavy atom. The van der Waals surface area contributed by atoms with Crippen LogP contribution in [0.4, 0.5) is 16.3 Å². The lowest BCUT2D eigenvalue weighted by Gasteiger charge is -2.33. The number of morpholine rings is 1. The van der Waals surface area contributed by atoms with E-state index in [1.54, 1.807) is 25.3 Å². The maximum absolute atomic E-state index is 12.8. The summed E-state index contributed by atoms with van der Waals surface area (Å²) in [7, 11) is 3.36. The zero-order valence-corrected chi connectivity index (χ0v) is 21.7. The average Bonchev–Trinajstić information content (AvgIpc) is 3.39. The molecule has 0 unspecified atom stereocenters. The quantitative estimate of drug-likeness (QED) is 0.508. The number of piperazine rings is 1. The fourth-order valence-electron chi connectivity index (χ4n) is 4.49. The zero-order valence-electron chi connectivity index (χ0n) is 21.7. The van der Waals surface area contributed by atoms with E-state index < -0.39 is 0 Å². The van der Waals surface area contributed by atoms with Crippen molar-refractivity contribution in [3.8, 4) is 23.1 Å². The summed E-state index contributed by atoms with van der Waals surface area (Å²) in [5.41, 5.74) is 3.47. The summed E-state index contributed by atoms with van der Waals surface area (Å²) in [5, 5.41) is 3.98. The lowest BCUT2D eigenvalue weighted by molar-refractivity contribution is -0.122. The molecule has 2 N–H and O–H groups in total. The molecule has 4 heterocycles. The molecule has 11 nitrogen and oxygen atoms in total. The van der Waals surface area contributed by atoms with Crippen LogP contribution in [0, 0.1) is 11.8 Å². The van der Waals surface area contributed by atoms with Gasteiger partial charge in [0.2, 0.25) is 0 Å². The van der Waals surface area contributed by atoms with Crippen LogP contribution >= 0.6 is 0 Å². The van der Waals surface area contributed by atoms with Crippen LogP contribution in [0.1, 0.15) is 0 Å². The normalized spacial score (nSPS) is 16.2. The first-order valence-electron chi connectivity index (χ1n) is 12.7. The molecule has 0 bridgehead atoms. The number of benzene rings is 1. The number of aromatic nitrogens is 3. The smallest absolute Gasteiger partial charge is 0.321 e. The molecule has 11 heteroatoms. The molecule has 5 rings (SSSR count). The van der Waals surface area contributed by atoms with Crippen LogP contribution in [0.2, 0.25) is 0 Å². The van der Waals surface area contributed by atoms with Gasteiger partial charge in [-0.05, 0) is 29.7 Å². The molecule has 2 saturated heterocycles. The molecule has 0 saturated carbocycles. The number of H-pyrrole nitrogens is 1. The molecule has 0 atom stereocenters. The van der Waals surface area contributed by atoms with Gasteiger partial charge in [0.05, 0.1) is 25.1 Å². The van der Waals surface area contributed by atoms with Crippen LogP contribution in [0.15, 0.2) is 36.7 Å². The molecule has 3 amide bonds. The summed E-state index contributed by atoms with van der Waals surface area (Å²) in [6.07, 6.45) is 1.59. The van der Waals surface area contributed by atoms with Gasteiger partial charge in [0.25, 0.3) is 5.91 Å². The molecule has 0 radical (unpaired) electrons. The number of carbonyl (C=O) groups is 2. The average molecular weight is 517 g/mol. The van der Waals surface area contributed by atoms with Crippen molar-refractivity contribution >= 4 is 34.5 Å². The molecule has 2 aliphatic rings. The molecular formula is C27H32N8O3. The monoisotopic (exact) mass is 516 g/mol. The Morgan fingerprint density at radius 3 is 2.50 bits per heavy atom. The summed E-state index contributed by atoms with van der Waals surface area (Å²) in [6.45, 7) is 6.16. The zero-order chi connectivity index (χ0) is 26.5. The van der Waals surface area contributed by atoms with Crippen molar-refractivity contribution in [3.05, 3.63) is 36.7 Å². The van der Waals surface area contributed by atoms with Gasteiger partial charge in [-0.25, -0.2) is 14.8 Å². The highest BCUT2D eigenvalue weighted by atomic mass is 16.5. The highest BCUT2D eigenvalue weighted by Gasteiger charge is 2.21. The second-order valence-electron chi connectivity index (χ2n) is 9.51. The van der Waals surface area contributed by atoms with Crippen molar-refractivity contribution in [2.45, 2.75) is 0 Å². The number of nitrogens with zero attached hydrogens (tertiary/aromatic N) is 6. The molecule has 0 spiro atoms. The van der Waals surface area contributed by atoms with Gasteiger partial charge in [-0.15, -0.1) is 0 Å². The van der Waals surface area contributed by atoms with Gasteiger partial charge >= 0.3 is 6.03 Å². The number of carbonyl (C=O) groups excluding carboxylic acids is 2. The summed E-state index contributed by atoms with van der Waals surface area (Å²) >= 11 is 0. The van der Waals surface area contributed by atoms with E-state index in [9.17, 15) is 9.59 Å². The van der Waals surface area contributed by atoms with E-state index in [4.69, 9.17) is 4.74 Å². The second-order valence-corrected chi connectivity index (χ2v) is 9.51. The number of hydrogen-bond donors (Lipinski definition) is 2. The Hall–Kier alpha value is -4.14. The Kier molecular flexibility index (Phi) is 7.72. The minimum absolute atomic E-state index is 0.123. The molecule has 3 aromatic rings. The van der Waals surface area contributed by atoms with Crippen LogP contribution < -0.4 is 10.2 Å². The number of aromatic amines is 1. The molecular weight excluding hydrogens is 484 g/mol. The van der Waals surface area contributed by atoms with E-state index >= 15 is 0 Å². The van der Waals surface area contributed by atoms with E-state index in [0.717, 1.165) is 46.9 Å². The Morgan fingerprint density at radius 1 is 1.05 bits per heavy atom. The third-order valence-corrected chi connectivity index (χ3v) is 6.73. The van der Waals surface area contributed by atoms with Crippen molar-refractivity contribution in [2.24, 2.45) is 0 Å². The minimum Gasteiger partial charge on any atom is -0.378 e. The van der Waals surface area contributed by atoms with Gasteiger partial charge in [0.1, 0.15) is 17.8 Å². The van der Waals surface area contributed by atoms with Crippen LogP contribution in [-0.2, 0) is 9.53 Å². The molecule has 2 fully saturated rings. The van der Waals surface area contributed by atoms with Gasteiger partial charge in [0.15, 0.2) is 0 Å². The maximum Gasteiger partial charge on any atom is 0.321 e. The molecule has 2 aliphatic heterocycles. The van der Waals surface area contributed by atoms with E-state index in [0.29, 0.717) is 45.9 Å². The van der Waals surface area contributed by atoms with Crippen molar-refractivity contribution in [1.82, 2.24) is 29.7 Å². The van der Waals surface area contributed by atoms with E-state index in [1.165, 1.54) is 4.90 Å². The van der Waals surface area contributed by atoms with Crippen LogP contribution in [0.3, 0.4) is 0 Å². The number of ether oxygens (including phenoxy) is 1. The van der Waals surface area contributed by atoms with E-state index in [2.05, 4.69) is 48.0 Å². The number of anilines is 2. The minimum atomic E-state index is -0.204. The number of hydrogen-bond acceptors (Lipinski definition) is 7. The summed E-state index contributed by atoms with van der Waals surface area (Å²) in [6, 6.07) is 9.72. The van der Waals surface area contributed by atoms with Crippen LogP contribution in [0.5, 0.6) is 0 Å². The van der Waals surface area contributed by atoms with E-state index in [-0.39, 0.29) is 11.9 Å². The fourth-order valence-corrected chi connectivity index (χ4v) is 4.49. The molecule has 38 heavy (non-hydrogen) atoms. The highest BCUT2D eigenvalue weighted by molar-refractivity contribution is 5.93. The number of urea groups is 1. The standard InChI is InChI=1S/C27H32N8O3/c1-32(2)24(36)4-3-9-33-10-12-35(13-11-33)27(37)30-21-7-5-20(6-8-21)23-18-22-25(31-23)28-19-29-26(22)34-14-16-38-17-15-34/h5-8,18-19H,9-17H2,1-2H3,(H,30,37)(H,28,29,31). The SMILES string of the molecule is CN(C)C(=O)C#CCN1CCN(C(=O)Nc2ccc(-c3cc4c(N5CCOCC5)ncnc4[nH]3)cc2)CC1. The first kappa shape index (κ1) is 25.5. The first-order valence-corrected chi connectivity index (χ1v) is 12.7. The van der Waals surface area contributed by atoms with Crippen molar-refractivity contribution in [2.75, 3.05) is 83.3 Å². The molecule has 1 aromatic carbocycles. The van der Waals surface area contributed by atoms with Gasteiger partial charge < -0.3 is 29.7 Å². The number of rotatable bonds is 4. The first-order chi connectivity index (χ1) is 18.5. The Balaban J connectivity index is 1.17. The van der Waals surface area contributed by atoms with Gasteiger partial charge in [-0.3, -0.25) is 9.69 Å². The fraction of sp³-hybridized carbons (Fsp3) is 0.407. The van der Waals surface area contributed by atoms with Gasteiger partial charge in [-0.2, -0.15) is 0 Å². The van der Waals surface area contributed by atoms with Gasteiger partial charge in [-0.1, -0.05) is 18.1 Å². The third-order valence-electron chi connectivity index (χ3n) is 6.73. The van der Waals surface area contributed by atoms with Crippen molar-refractivity contribution < 1.29 is 14.3 Å².